The molecule has 0 aliphatic carbocycles. The zero-order valence-corrected chi connectivity index (χ0v) is 10.4. The van der Waals surface area contributed by atoms with Gasteiger partial charge >= 0.3 is 5.97 Å². The maximum Gasteiger partial charge on any atom is 0.358 e. The summed E-state index contributed by atoms with van der Waals surface area (Å²) >= 11 is 6.01. The Balaban J connectivity index is 2.73. The summed E-state index contributed by atoms with van der Waals surface area (Å²) in [6.45, 7) is 1.57. The molecule has 1 aromatic carbocycles. The molecule has 0 unspecified atom stereocenters. The maximum atomic E-state index is 13.6. The highest BCUT2D eigenvalue weighted by atomic mass is 35.5. The van der Waals surface area contributed by atoms with Crippen molar-refractivity contribution in [3.8, 4) is 11.3 Å². The second-order valence-corrected chi connectivity index (χ2v) is 4.20. The average Bonchev–Trinajstić information content (AvgIpc) is 2.66. The van der Waals surface area contributed by atoms with Gasteiger partial charge in [0.2, 0.25) is 0 Å². The molecule has 0 spiro atoms. The molecule has 2 rings (SSSR count). The van der Waals surface area contributed by atoms with Crippen molar-refractivity contribution in [3.63, 3.8) is 0 Å². The molecule has 18 heavy (non-hydrogen) atoms. The van der Waals surface area contributed by atoms with Crippen LogP contribution in [-0.2, 0) is 7.05 Å². The van der Waals surface area contributed by atoms with Crippen molar-refractivity contribution in [1.29, 1.82) is 0 Å². The van der Waals surface area contributed by atoms with E-state index in [1.54, 1.807) is 6.92 Å². The number of aromatic nitrogens is 3. The average molecular weight is 270 g/mol. The summed E-state index contributed by atoms with van der Waals surface area (Å²) in [5.41, 5.74) is 0.550. The Morgan fingerprint density at radius 1 is 1.50 bits per heavy atom. The second-order valence-electron chi connectivity index (χ2n) is 3.80. The molecule has 0 radical (unpaired) electrons. The van der Waals surface area contributed by atoms with E-state index in [1.165, 1.54) is 23.9 Å². The van der Waals surface area contributed by atoms with Crippen molar-refractivity contribution in [2.45, 2.75) is 6.92 Å². The standard InChI is InChI=1S/C11H9ClFN3O2/c1-5-3-7(12)6(4-8(5)13)10-9(11(17)18)14-15-16(10)2/h3-4H,1-2H3,(H,17,18). The topological polar surface area (TPSA) is 68.0 Å². The van der Waals surface area contributed by atoms with Gasteiger partial charge in [-0.1, -0.05) is 16.8 Å². The molecule has 0 bridgehead atoms. The SMILES string of the molecule is Cc1cc(Cl)c(-c2c(C(=O)O)nnn2C)cc1F. The number of carboxylic acid groups (broad SMARTS) is 1. The third kappa shape index (κ3) is 1.95. The van der Waals surface area contributed by atoms with Crippen molar-refractivity contribution < 1.29 is 14.3 Å². The first-order chi connectivity index (χ1) is 8.41. The summed E-state index contributed by atoms with van der Waals surface area (Å²) in [5, 5.41) is 16.4. The van der Waals surface area contributed by atoms with Gasteiger partial charge in [-0.15, -0.1) is 5.10 Å². The van der Waals surface area contributed by atoms with Gasteiger partial charge in [0, 0.05) is 12.6 Å². The lowest BCUT2D eigenvalue weighted by atomic mass is 10.1. The van der Waals surface area contributed by atoms with Crippen LogP contribution in [0.1, 0.15) is 16.1 Å². The van der Waals surface area contributed by atoms with Gasteiger partial charge in [-0.25, -0.2) is 13.9 Å². The van der Waals surface area contributed by atoms with Crippen molar-refractivity contribution in [2.75, 3.05) is 0 Å². The number of hydrogen-bond donors (Lipinski definition) is 1. The number of hydrogen-bond acceptors (Lipinski definition) is 3. The van der Waals surface area contributed by atoms with Crippen LogP contribution in [0, 0.1) is 12.7 Å². The predicted molar refractivity (Wildman–Crippen MR) is 63.1 cm³/mol. The molecule has 1 aromatic heterocycles. The van der Waals surface area contributed by atoms with E-state index >= 15 is 0 Å². The Labute approximate surface area is 107 Å². The van der Waals surface area contributed by atoms with Crippen molar-refractivity contribution in [3.05, 3.63) is 34.2 Å². The van der Waals surface area contributed by atoms with Crippen LogP contribution in [0.15, 0.2) is 12.1 Å². The highest BCUT2D eigenvalue weighted by molar-refractivity contribution is 6.33. The van der Waals surface area contributed by atoms with Gasteiger partial charge in [0.05, 0.1) is 5.02 Å². The van der Waals surface area contributed by atoms with Crippen molar-refractivity contribution in [1.82, 2.24) is 15.0 Å². The van der Waals surface area contributed by atoms with Gasteiger partial charge in [-0.3, -0.25) is 0 Å². The summed E-state index contributed by atoms with van der Waals surface area (Å²) in [6, 6.07) is 2.62. The first-order valence-electron chi connectivity index (χ1n) is 5.00. The summed E-state index contributed by atoms with van der Waals surface area (Å²) < 4.78 is 14.8. The summed E-state index contributed by atoms with van der Waals surface area (Å²) in [6.07, 6.45) is 0. The quantitative estimate of drug-likeness (QED) is 0.908. The Hall–Kier alpha value is -1.95. The van der Waals surface area contributed by atoms with Gasteiger partial charge in [0.15, 0.2) is 5.69 Å². The van der Waals surface area contributed by atoms with Crippen molar-refractivity contribution >= 4 is 17.6 Å². The van der Waals surface area contributed by atoms with E-state index in [2.05, 4.69) is 10.3 Å². The fourth-order valence-corrected chi connectivity index (χ4v) is 1.94. The highest BCUT2D eigenvalue weighted by Gasteiger charge is 2.21. The van der Waals surface area contributed by atoms with Gasteiger partial charge in [-0.2, -0.15) is 0 Å². The largest absolute Gasteiger partial charge is 0.476 e. The minimum absolute atomic E-state index is 0.173. The molecule has 1 N–H and O–H groups in total. The Kier molecular flexibility index (Phi) is 3.04. The molecule has 2 aromatic rings. The summed E-state index contributed by atoms with van der Waals surface area (Å²) in [7, 11) is 1.52. The molecule has 0 saturated carbocycles. The third-order valence-electron chi connectivity index (χ3n) is 2.53. The van der Waals surface area contributed by atoms with E-state index in [1.807, 2.05) is 0 Å². The van der Waals surface area contributed by atoms with E-state index in [4.69, 9.17) is 16.7 Å². The van der Waals surface area contributed by atoms with Gasteiger partial charge in [0.25, 0.3) is 0 Å². The number of aromatic carboxylic acids is 1. The minimum Gasteiger partial charge on any atom is -0.476 e. The number of aryl methyl sites for hydroxylation is 2. The first kappa shape index (κ1) is 12.5. The molecule has 94 valence electrons. The summed E-state index contributed by atoms with van der Waals surface area (Å²) in [4.78, 5) is 11.0. The lowest BCUT2D eigenvalue weighted by Gasteiger charge is -2.07. The molecule has 0 saturated heterocycles. The van der Waals surface area contributed by atoms with Crippen LogP contribution in [0.2, 0.25) is 5.02 Å². The van der Waals surface area contributed by atoms with Gasteiger partial charge < -0.3 is 5.11 Å². The van der Waals surface area contributed by atoms with Crippen LogP contribution >= 0.6 is 11.6 Å². The maximum absolute atomic E-state index is 13.6. The van der Waals surface area contributed by atoms with Gasteiger partial charge in [-0.05, 0) is 24.6 Å². The van der Waals surface area contributed by atoms with Crippen LogP contribution in [-0.4, -0.2) is 26.1 Å². The number of benzene rings is 1. The molecule has 0 atom stereocenters. The molecule has 0 fully saturated rings. The van der Waals surface area contributed by atoms with Gasteiger partial charge in [0.1, 0.15) is 11.5 Å². The van der Waals surface area contributed by atoms with Crippen molar-refractivity contribution in [2.24, 2.45) is 7.05 Å². The Morgan fingerprint density at radius 2 is 2.17 bits per heavy atom. The molecular weight excluding hydrogens is 261 g/mol. The smallest absolute Gasteiger partial charge is 0.358 e. The fourth-order valence-electron chi connectivity index (χ4n) is 1.63. The minimum atomic E-state index is -1.24. The zero-order chi connectivity index (χ0) is 13.4. The lowest BCUT2D eigenvalue weighted by molar-refractivity contribution is 0.0691. The molecule has 0 aliphatic rings. The van der Waals surface area contributed by atoms with Crippen LogP contribution in [0.25, 0.3) is 11.3 Å². The number of halogens is 2. The second kappa shape index (κ2) is 4.38. The normalized spacial score (nSPS) is 10.7. The Bertz CT molecular complexity index is 639. The fraction of sp³-hybridized carbons (Fsp3) is 0.182. The summed E-state index contributed by atoms with van der Waals surface area (Å²) in [5.74, 6) is -1.71. The molecule has 5 nitrogen and oxygen atoms in total. The predicted octanol–water partition coefficient (Wildman–Crippen LogP) is 2.28. The zero-order valence-electron chi connectivity index (χ0n) is 9.61. The first-order valence-corrected chi connectivity index (χ1v) is 5.38. The van der Waals surface area contributed by atoms with E-state index in [9.17, 15) is 9.18 Å². The molecule has 7 heteroatoms. The van der Waals surface area contributed by atoms with E-state index in [0.717, 1.165) is 0 Å². The molecule has 0 aliphatic heterocycles. The van der Waals surface area contributed by atoms with Crippen LogP contribution in [0.3, 0.4) is 0 Å². The van der Waals surface area contributed by atoms with Crippen LogP contribution in [0.5, 0.6) is 0 Å². The lowest BCUT2D eigenvalue weighted by Crippen LogP contribution is -2.02. The number of carboxylic acids is 1. The number of nitrogens with zero attached hydrogens (tertiary/aromatic N) is 3. The van der Waals surface area contributed by atoms with E-state index in [0.29, 0.717) is 5.56 Å². The number of carbonyl (C=O) groups is 1. The molecular formula is C11H9ClFN3O2. The highest BCUT2D eigenvalue weighted by Crippen LogP contribution is 2.31. The Morgan fingerprint density at radius 3 is 2.78 bits per heavy atom. The van der Waals surface area contributed by atoms with Crippen LogP contribution in [0.4, 0.5) is 4.39 Å². The van der Waals surface area contributed by atoms with E-state index in [-0.39, 0.29) is 22.0 Å². The third-order valence-corrected chi connectivity index (χ3v) is 2.85. The molecule has 1 heterocycles. The van der Waals surface area contributed by atoms with E-state index < -0.39 is 11.8 Å². The van der Waals surface area contributed by atoms with Crippen LogP contribution < -0.4 is 0 Å². The number of rotatable bonds is 2. The molecule has 0 amide bonds. The monoisotopic (exact) mass is 269 g/mol.